The van der Waals surface area contributed by atoms with Crippen molar-refractivity contribution < 1.29 is 15.0 Å². The summed E-state index contributed by atoms with van der Waals surface area (Å²) in [5.74, 6) is -1.24. The smallest absolute Gasteiger partial charge is 0.0682 e. The Hall–Kier alpha value is -1.13. The summed E-state index contributed by atoms with van der Waals surface area (Å²) in [5.41, 5.74) is 1.42. The van der Waals surface area contributed by atoms with Gasteiger partial charge in [-0.2, -0.15) is 0 Å². The van der Waals surface area contributed by atoms with E-state index in [0.29, 0.717) is 5.56 Å². The van der Waals surface area contributed by atoms with Crippen molar-refractivity contribution in [3.05, 3.63) is 39.9 Å². The number of aliphatic hydroxyl groups excluding tert-OH is 1. The lowest BCUT2D eigenvalue weighted by atomic mass is 10.1. The zero-order valence-electron chi connectivity index (χ0n) is 7.24. The maximum absolute atomic E-state index is 10.2. The maximum atomic E-state index is 10.2. The zero-order chi connectivity index (χ0) is 10.6. The highest BCUT2D eigenvalue weighted by Crippen LogP contribution is 2.16. The summed E-state index contributed by atoms with van der Waals surface area (Å²) in [7, 11) is 0. The molecule has 0 aliphatic rings. The van der Waals surface area contributed by atoms with Gasteiger partial charge in [0.25, 0.3) is 0 Å². The van der Waals surface area contributed by atoms with E-state index in [4.69, 9.17) is 5.11 Å². The van der Waals surface area contributed by atoms with E-state index >= 15 is 0 Å². The first-order valence-electron chi connectivity index (χ1n) is 3.91. The normalized spacial score (nSPS) is 10.7. The molecule has 0 radical (unpaired) electrons. The second kappa shape index (κ2) is 4.93. The van der Waals surface area contributed by atoms with Crippen LogP contribution in [-0.4, -0.2) is 11.1 Å². The van der Waals surface area contributed by atoms with Crippen molar-refractivity contribution in [3.63, 3.8) is 0 Å². The van der Waals surface area contributed by atoms with Gasteiger partial charge in [0.2, 0.25) is 0 Å². The van der Waals surface area contributed by atoms with Crippen LogP contribution in [-0.2, 0) is 11.4 Å². The van der Waals surface area contributed by atoms with E-state index in [1.54, 1.807) is 18.2 Å². The summed E-state index contributed by atoms with van der Waals surface area (Å²) < 4.78 is 0.794. The predicted octanol–water partition coefficient (Wildman–Crippen LogP) is 0.704. The van der Waals surface area contributed by atoms with Crippen LogP contribution in [0.25, 0.3) is 6.08 Å². The minimum absolute atomic E-state index is 0.0778. The monoisotopic (exact) mass is 255 g/mol. The van der Waals surface area contributed by atoms with Crippen molar-refractivity contribution in [2.75, 3.05) is 0 Å². The van der Waals surface area contributed by atoms with Crippen LogP contribution >= 0.6 is 15.9 Å². The highest BCUT2D eigenvalue weighted by Gasteiger charge is 1.95. The third kappa shape index (κ3) is 3.32. The van der Waals surface area contributed by atoms with E-state index in [1.807, 2.05) is 0 Å². The molecular formula is C10H8BrO3-. The molecule has 0 aliphatic heterocycles. The largest absolute Gasteiger partial charge is 0.545 e. The van der Waals surface area contributed by atoms with Crippen LogP contribution in [0.15, 0.2) is 28.7 Å². The summed E-state index contributed by atoms with van der Waals surface area (Å²) in [6, 6.07) is 5.21. The zero-order valence-corrected chi connectivity index (χ0v) is 8.82. The molecular weight excluding hydrogens is 248 g/mol. The Morgan fingerprint density at radius 1 is 1.50 bits per heavy atom. The third-order valence-corrected chi connectivity index (χ3v) is 2.03. The molecule has 1 rings (SSSR count). The van der Waals surface area contributed by atoms with Gasteiger partial charge in [-0.15, -0.1) is 0 Å². The molecule has 4 heteroatoms. The van der Waals surface area contributed by atoms with Gasteiger partial charge in [0.1, 0.15) is 0 Å². The number of aliphatic hydroxyl groups is 1. The van der Waals surface area contributed by atoms with Crippen molar-refractivity contribution in [3.8, 4) is 0 Å². The number of carboxylic acid groups (broad SMARTS) is 1. The molecule has 0 saturated carbocycles. The standard InChI is InChI=1S/C10H9BrO3/c11-9-4-7(1-2-10(13)14)3-8(5-9)6-12/h1-5,12H,6H2,(H,13,14)/p-1/b2-1+. The van der Waals surface area contributed by atoms with Crippen LogP contribution in [0, 0.1) is 0 Å². The number of carbonyl (C=O) groups excluding carboxylic acids is 1. The lowest BCUT2D eigenvalue weighted by Crippen LogP contribution is -2.18. The summed E-state index contributed by atoms with van der Waals surface area (Å²) >= 11 is 3.25. The molecule has 0 amide bonds. The quantitative estimate of drug-likeness (QED) is 0.810. The van der Waals surface area contributed by atoms with Crippen molar-refractivity contribution in [1.82, 2.24) is 0 Å². The van der Waals surface area contributed by atoms with Crippen molar-refractivity contribution in [2.45, 2.75) is 6.61 Å². The molecule has 0 heterocycles. The maximum Gasteiger partial charge on any atom is 0.0682 e. The molecule has 0 spiro atoms. The Morgan fingerprint density at radius 3 is 2.79 bits per heavy atom. The van der Waals surface area contributed by atoms with Crippen LogP contribution < -0.4 is 5.11 Å². The van der Waals surface area contributed by atoms with E-state index in [-0.39, 0.29) is 6.61 Å². The molecule has 74 valence electrons. The Labute approximate surface area is 89.8 Å². The molecule has 0 aliphatic carbocycles. The van der Waals surface area contributed by atoms with Crippen LogP contribution in [0.5, 0.6) is 0 Å². The SMILES string of the molecule is O=C([O-])/C=C/c1cc(Br)cc(CO)c1. The fourth-order valence-corrected chi connectivity index (χ4v) is 1.59. The fraction of sp³-hybridized carbons (Fsp3) is 0.100. The van der Waals surface area contributed by atoms with Gasteiger partial charge < -0.3 is 15.0 Å². The first-order valence-corrected chi connectivity index (χ1v) is 4.70. The number of aliphatic carboxylic acids is 1. The van der Waals surface area contributed by atoms with E-state index in [2.05, 4.69) is 15.9 Å². The Balaban J connectivity index is 2.97. The minimum Gasteiger partial charge on any atom is -0.545 e. The molecule has 0 bridgehead atoms. The van der Waals surface area contributed by atoms with Crippen molar-refractivity contribution in [1.29, 1.82) is 0 Å². The van der Waals surface area contributed by atoms with Crippen LogP contribution in [0.1, 0.15) is 11.1 Å². The summed E-state index contributed by atoms with van der Waals surface area (Å²) in [6.07, 6.45) is 2.36. The van der Waals surface area contributed by atoms with Gasteiger partial charge in [-0.25, -0.2) is 0 Å². The van der Waals surface area contributed by atoms with Gasteiger partial charge in [-0.05, 0) is 35.4 Å². The highest BCUT2D eigenvalue weighted by atomic mass is 79.9. The van der Waals surface area contributed by atoms with E-state index < -0.39 is 5.97 Å². The van der Waals surface area contributed by atoms with Gasteiger partial charge >= 0.3 is 0 Å². The summed E-state index contributed by atoms with van der Waals surface area (Å²) in [4.78, 5) is 10.2. The molecule has 0 unspecified atom stereocenters. The number of benzene rings is 1. The molecule has 0 aromatic heterocycles. The molecule has 14 heavy (non-hydrogen) atoms. The van der Waals surface area contributed by atoms with Crippen molar-refractivity contribution >= 4 is 28.0 Å². The molecule has 0 saturated heterocycles. The van der Waals surface area contributed by atoms with E-state index in [0.717, 1.165) is 16.1 Å². The van der Waals surface area contributed by atoms with Crippen LogP contribution in [0.2, 0.25) is 0 Å². The van der Waals surface area contributed by atoms with Crippen molar-refractivity contribution in [2.24, 2.45) is 0 Å². The molecule has 1 N–H and O–H groups in total. The fourth-order valence-electron chi connectivity index (χ4n) is 1.03. The first kappa shape index (κ1) is 10.9. The van der Waals surface area contributed by atoms with Gasteiger partial charge in [0.05, 0.1) is 12.6 Å². The van der Waals surface area contributed by atoms with Crippen LogP contribution in [0.3, 0.4) is 0 Å². The number of halogens is 1. The molecule has 1 aromatic carbocycles. The minimum atomic E-state index is -1.24. The topological polar surface area (TPSA) is 60.4 Å². The number of carbonyl (C=O) groups is 1. The summed E-state index contributed by atoms with van der Waals surface area (Å²) in [6.45, 7) is -0.0778. The van der Waals surface area contributed by atoms with E-state index in [9.17, 15) is 9.90 Å². The second-order valence-electron chi connectivity index (χ2n) is 2.70. The number of hydrogen-bond donors (Lipinski definition) is 1. The van der Waals surface area contributed by atoms with Gasteiger partial charge in [-0.1, -0.05) is 22.0 Å². The summed E-state index contributed by atoms with van der Waals surface area (Å²) in [5, 5.41) is 19.0. The molecule has 3 nitrogen and oxygen atoms in total. The molecule has 0 atom stereocenters. The van der Waals surface area contributed by atoms with Gasteiger partial charge in [-0.3, -0.25) is 0 Å². The second-order valence-corrected chi connectivity index (χ2v) is 3.62. The Bertz CT molecular complexity index is 372. The lowest BCUT2D eigenvalue weighted by Gasteiger charge is -2.00. The Morgan fingerprint density at radius 2 is 2.21 bits per heavy atom. The Kier molecular flexibility index (Phi) is 3.85. The molecule has 1 aromatic rings. The van der Waals surface area contributed by atoms with Gasteiger partial charge in [0.15, 0.2) is 0 Å². The first-order chi connectivity index (χ1) is 6.61. The van der Waals surface area contributed by atoms with Gasteiger partial charge in [0, 0.05) is 4.47 Å². The third-order valence-electron chi connectivity index (χ3n) is 1.57. The number of hydrogen-bond acceptors (Lipinski definition) is 3. The average Bonchev–Trinajstić information content (AvgIpc) is 2.14. The highest BCUT2D eigenvalue weighted by molar-refractivity contribution is 9.10. The number of carboxylic acids is 1. The predicted molar refractivity (Wildman–Crippen MR) is 54.1 cm³/mol. The van der Waals surface area contributed by atoms with E-state index in [1.165, 1.54) is 6.08 Å². The average molecular weight is 256 g/mol. The van der Waals surface area contributed by atoms with Crippen LogP contribution in [0.4, 0.5) is 0 Å². The number of rotatable bonds is 3. The molecule has 0 fully saturated rings. The lowest BCUT2D eigenvalue weighted by molar-refractivity contribution is -0.297.